The summed E-state index contributed by atoms with van der Waals surface area (Å²) in [7, 11) is 1.84. The molecule has 1 atom stereocenters. The maximum Gasteiger partial charge on any atom is 0.289 e. The van der Waals surface area contributed by atoms with E-state index in [1.807, 2.05) is 37.4 Å². The highest BCUT2D eigenvalue weighted by atomic mass is 35.5. The zero-order valence-corrected chi connectivity index (χ0v) is 12.9. The number of hydrogen-bond donors (Lipinski definition) is 0. The van der Waals surface area contributed by atoms with Crippen LogP contribution in [0.3, 0.4) is 0 Å². The van der Waals surface area contributed by atoms with Crippen LogP contribution in [-0.2, 0) is 0 Å². The molecule has 1 aliphatic rings. The van der Waals surface area contributed by atoms with Gasteiger partial charge in [0, 0.05) is 23.7 Å². The third-order valence-corrected chi connectivity index (χ3v) is 4.43. The van der Waals surface area contributed by atoms with Crippen LogP contribution in [0.2, 0.25) is 5.02 Å². The Balaban J connectivity index is 1.77. The lowest BCUT2D eigenvalue weighted by atomic mass is 10.2. The zero-order valence-electron chi connectivity index (χ0n) is 12.2. The Morgan fingerprint density at radius 1 is 1.24 bits per heavy atom. The smallest absolute Gasteiger partial charge is 0.289 e. The van der Waals surface area contributed by atoms with Crippen molar-refractivity contribution in [3.05, 3.63) is 47.2 Å². The molecule has 1 unspecified atom stereocenters. The van der Waals surface area contributed by atoms with Crippen LogP contribution in [0.5, 0.6) is 0 Å². The van der Waals surface area contributed by atoms with Crippen molar-refractivity contribution in [1.29, 1.82) is 0 Å². The van der Waals surface area contributed by atoms with Crippen LogP contribution >= 0.6 is 11.6 Å². The Bertz CT molecular complexity index is 643. The van der Waals surface area contributed by atoms with E-state index in [0.29, 0.717) is 22.5 Å². The number of carbonyl (C=O) groups is 1. The molecule has 1 fully saturated rings. The number of furan rings is 1. The van der Waals surface area contributed by atoms with Gasteiger partial charge in [-0.2, -0.15) is 0 Å². The Hall–Kier alpha value is -1.74. The second-order valence-corrected chi connectivity index (χ2v) is 6.10. The summed E-state index contributed by atoms with van der Waals surface area (Å²) < 4.78 is 5.71. The van der Waals surface area contributed by atoms with Gasteiger partial charge in [0.1, 0.15) is 5.76 Å². The quantitative estimate of drug-likeness (QED) is 0.835. The molecule has 1 amide bonds. The van der Waals surface area contributed by atoms with Crippen LogP contribution < -0.4 is 0 Å². The summed E-state index contributed by atoms with van der Waals surface area (Å²) in [5.41, 5.74) is 0.913. The second kappa shape index (κ2) is 5.57. The summed E-state index contributed by atoms with van der Waals surface area (Å²) in [4.78, 5) is 14.2. The summed E-state index contributed by atoms with van der Waals surface area (Å²) in [6, 6.07) is 11.2. The predicted octanol–water partition coefficient (Wildman–Crippen LogP) is 4.47. The van der Waals surface area contributed by atoms with E-state index in [1.54, 1.807) is 11.0 Å². The third kappa shape index (κ3) is 2.98. The average molecular weight is 304 g/mol. The van der Waals surface area contributed by atoms with Gasteiger partial charge in [-0.3, -0.25) is 4.79 Å². The molecule has 1 saturated carbocycles. The number of hydrogen-bond acceptors (Lipinski definition) is 2. The molecule has 1 aromatic carbocycles. The van der Waals surface area contributed by atoms with Gasteiger partial charge in [0.25, 0.3) is 5.91 Å². The maximum atomic E-state index is 12.4. The van der Waals surface area contributed by atoms with Crippen molar-refractivity contribution in [2.75, 3.05) is 7.05 Å². The molecule has 0 N–H and O–H groups in total. The molecule has 3 rings (SSSR count). The Morgan fingerprint density at radius 2 is 1.90 bits per heavy atom. The first-order valence-electron chi connectivity index (χ1n) is 7.19. The van der Waals surface area contributed by atoms with E-state index in [-0.39, 0.29) is 11.9 Å². The van der Waals surface area contributed by atoms with E-state index in [4.69, 9.17) is 16.0 Å². The van der Waals surface area contributed by atoms with E-state index in [1.165, 1.54) is 12.8 Å². The molecule has 1 heterocycles. The molecule has 0 bridgehead atoms. The minimum Gasteiger partial charge on any atom is -0.451 e. The standard InChI is InChI=1S/C17H18ClNO2/c1-11(12-3-4-12)19(2)17(20)16-10-9-15(21-16)13-5-7-14(18)8-6-13/h5-12H,3-4H2,1-2H3. The van der Waals surface area contributed by atoms with Gasteiger partial charge < -0.3 is 9.32 Å². The normalized spacial score (nSPS) is 15.8. The van der Waals surface area contributed by atoms with Crippen molar-refractivity contribution in [2.24, 2.45) is 5.92 Å². The molecule has 3 nitrogen and oxygen atoms in total. The van der Waals surface area contributed by atoms with Gasteiger partial charge in [-0.25, -0.2) is 0 Å². The van der Waals surface area contributed by atoms with Gasteiger partial charge in [0.15, 0.2) is 5.76 Å². The summed E-state index contributed by atoms with van der Waals surface area (Å²) >= 11 is 5.88. The van der Waals surface area contributed by atoms with E-state index in [9.17, 15) is 4.79 Å². The van der Waals surface area contributed by atoms with Crippen molar-refractivity contribution in [3.63, 3.8) is 0 Å². The highest BCUT2D eigenvalue weighted by molar-refractivity contribution is 6.30. The lowest BCUT2D eigenvalue weighted by Crippen LogP contribution is -2.36. The number of benzene rings is 1. The molecule has 1 aromatic heterocycles. The number of amides is 1. The summed E-state index contributed by atoms with van der Waals surface area (Å²) in [5, 5.41) is 0.680. The minimum atomic E-state index is -0.0605. The van der Waals surface area contributed by atoms with Crippen LogP contribution in [0.25, 0.3) is 11.3 Å². The van der Waals surface area contributed by atoms with E-state index in [2.05, 4.69) is 6.92 Å². The summed E-state index contributed by atoms with van der Waals surface area (Å²) in [5.74, 6) is 1.65. The minimum absolute atomic E-state index is 0.0605. The molecule has 2 aromatic rings. The average Bonchev–Trinajstić information content (AvgIpc) is 3.23. The fraction of sp³-hybridized carbons (Fsp3) is 0.353. The van der Waals surface area contributed by atoms with Gasteiger partial charge in [-0.15, -0.1) is 0 Å². The molecule has 0 aliphatic heterocycles. The largest absolute Gasteiger partial charge is 0.451 e. The molecule has 1 aliphatic carbocycles. The topological polar surface area (TPSA) is 33.5 Å². The van der Waals surface area contributed by atoms with Crippen LogP contribution in [0.15, 0.2) is 40.8 Å². The first-order chi connectivity index (χ1) is 10.1. The SMILES string of the molecule is CC(C1CC1)N(C)C(=O)c1ccc(-c2ccc(Cl)cc2)o1. The summed E-state index contributed by atoms with van der Waals surface area (Å²) in [6.07, 6.45) is 2.43. The number of halogens is 1. The molecule has 21 heavy (non-hydrogen) atoms. The van der Waals surface area contributed by atoms with E-state index < -0.39 is 0 Å². The van der Waals surface area contributed by atoms with Crippen LogP contribution in [-0.4, -0.2) is 23.9 Å². The van der Waals surface area contributed by atoms with Crippen LogP contribution in [0.4, 0.5) is 0 Å². The molecular formula is C17H18ClNO2. The zero-order chi connectivity index (χ0) is 15.0. The van der Waals surface area contributed by atoms with Gasteiger partial charge in [-0.05, 0) is 62.1 Å². The molecule has 0 saturated heterocycles. The van der Waals surface area contributed by atoms with Gasteiger partial charge in [0.05, 0.1) is 0 Å². The lowest BCUT2D eigenvalue weighted by molar-refractivity contribution is 0.0696. The predicted molar refractivity (Wildman–Crippen MR) is 83.4 cm³/mol. The van der Waals surface area contributed by atoms with E-state index >= 15 is 0 Å². The molecule has 0 radical (unpaired) electrons. The molecule has 0 spiro atoms. The van der Waals surface area contributed by atoms with Crippen LogP contribution in [0.1, 0.15) is 30.3 Å². The first-order valence-corrected chi connectivity index (χ1v) is 7.57. The van der Waals surface area contributed by atoms with Gasteiger partial charge in [0.2, 0.25) is 0 Å². The molecule has 110 valence electrons. The maximum absolute atomic E-state index is 12.4. The first kappa shape index (κ1) is 14.2. The Labute approximate surface area is 129 Å². The molecule has 4 heteroatoms. The van der Waals surface area contributed by atoms with E-state index in [0.717, 1.165) is 5.56 Å². The van der Waals surface area contributed by atoms with Crippen molar-refractivity contribution < 1.29 is 9.21 Å². The lowest BCUT2D eigenvalue weighted by Gasteiger charge is -2.23. The van der Waals surface area contributed by atoms with Crippen molar-refractivity contribution in [3.8, 4) is 11.3 Å². The number of nitrogens with zero attached hydrogens (tertiary/aromatic N) is 1. The molecular weight excluding hydrogens is 286 g/mol. The van der Waals surface area contributed by atoms with Crippen LogP contribution in [0, 0.1) is 5.92 Å². The highest BCUT2D eigenvalue weighted by Gasteiger charge is 2.33. The Kier molecular flexibility index (Phi) is 3.77. The number of rotatable bonds is 4. The highest BCUT2D eigenvalue weighted by Crippen LogP contribution is 2.35. The van der Waals surface area contributed by atoms with Crippen molar-refractivity contribution in [2.45, 2.75) is 25.8 Å². The van der Waals surface area contributed by atoms with Crippen molar-refractivity contribution >= 4 is 17.5 Å². The number of carbonyl (C=O) groups excluding carboxylic acids is 1. The van der Waals surface area contributed by atoms with Gasteiger partial charge >= 0.3 is 0 Å². The van der Waals surface area contributed by atoms with Crippen molar-refractivity contribution in [1.82, 2.24) is 4.90 Å². The Morgan fingerprint density at radius 3 is 2.52 bits per heavy atom. The second-order valence-electron chi connectivity index (χ2n) is 5.66. The fourth-order valence-corrected chi connectivity index (χ4v) is 2.60. The van der Waals surface area contributed by atoms with Gasteiger partial charge in [-0.1, -0.05) is 11.6 Å². The fourth-order valence-electron chi connectivity index (χ4n) is 2.48. The summed E-state index contributed by atoms with van der Waals surface area (Å²) in [6.45, 7) is 2.10. The third-order valence-electron chi connectivity index (χ3n) is 4.18. The monoisotopic (exact) mass is 303 g/mol.